The molecule has 14 heavy (non-hydrogen) atoms. The third-order valence-electron chi connectivity index (χ3n) is 2.36. The molecular formula is C9H8F3NO. The number of hydrogen-bond donors (Lipinski definition) is 2. The summed E-state index contributed by atoms with van der Waals surface area (Å²) in [7, 11) is 0. The highest BCUT2D eigenvalue weighted by molar-refractivity contribution is 5.35. The first kappa shape index (κ1) is 9.33. The zero-order chi connectivity index (χ0) is 10.3. The van der Waals surface area contributed by atoms with Crippen molar-refractivity contribution in [3.63, 3.8) is 0 Å². The van der Waals surface area contributed by atoms with Gasteiger partial charge in [0, 0.05) is 11.6 Å². The molecule has 1 fully saturated rings. The Hall–Kier alpha value is -1.23. The average Bonchev–Trinajstić information content (AvgIpc) is 2.08. The standard InChI is InChI=1S/C9H8F3NO/c10-5-3-4(6-1-2-13-6)7(11)9(14)8(5)12/h3,6,13-14H,1-2H2. The van der Waals surface area contributed by atoms with Crippen LogP contribution in [0.25, 0.3) is 0 Å². The minimum absolute atomic E-state index is 0.0207. The fourth-order valence-electron chi connectivity index (χ4n) is 1.42. The van der Waals surface area contributed by atoms with Crippen LogP contribution in [0.15, 0.2) is 6.07 Å². The summed E-state index contributed by atoms with van der Waals surface area (Å²) in [5.74, 6) is -5.09. The van der Waals surface area contributed by atoms with Crippen molar-refractivity contribution >= 4 is 0 Å². The number of benzene rings is 1. The fourth-order valence-corrected chi connectivity index (χ4v) is 1.42. The van der Waals surface area contributed by atoms with Crippen LogP contribution in [0.5, 0.6) is 5.75 Å². The van der Waals surface area contributed by atoms with E-state index >= 15 is 0 Å². The lowest BCUT2D eigenvalue weighted by atomic mass is 9.97. The van der Waals surface area contributed by atoms with Gasteiger partial charge in [-0.3, -0.25) is 0 Å². The van der Waals surface area contributed by atoms with E-state index in [0.717, 1.165) is 6.07 Å². The number of phenols is 1. The van der Waals surface area contributed by atoms with Gasteiger partial charge in [0.05, 0.1) is 0 Å². The lowest BCUT2D eigenvalue weighted by Gasteiger charge is -2.28. The van der Waals surface area contributed by atoms with Crippen LogP contribution >= 0.6 is 0 Å². The summed E-state index contributed by atoms with van der Waals surface area (Å²) >= 11 is 0. The van der Waals surface area contributed by atoms with Gasteiger partial charge < -0.3 is 10.4 Å². The summed E-state index contributed by atoms with van der Waals surface area (Å²) in [6.07, 6.45) is 0.654. The van der Waals surface area contributed by atoms with Crippen LogP contribution < -0.4 is 5.32 Å². The van der Waals surface area contributed by atoms with Crippen molar-refractivity contribution in [2.45, 2.75) is 12.5 Å². The molecule has 1 aromatic carbocycles. The van der Waals surface area contributed by atoms with Gasteiger partial charge in [-0.05, 0) is 19.0 Å². The number of aromatic hydroxyl groups is 1. The van der Waals surface area contributed by atoms with Crippen LogP contribution in [0.3, 0.4) is 0 Å². The van der Waals surface area contributed by atoms with Gasteiger partial charge in [0.2, 0.25) is 5.82 Å². The highest BCUT2D eigenvalue weighted by Crippen LogP contribution is 2.32. The van der Waals surface area contributed by atoms with Gasteiger partial charge in [-0.2, -0.15) is 4.39 Å². The highest BCUT2D eigenvalue weighted by Gasteiger charge is 2.26. The van der Waals surface area contributed by atoms with E-state index in [1.807, 2.05) is 0 Å². The van der Waals surface area contributed by atoms with Crippen molar-refractivity contribution in [2.24, 2.45) is 0 Å². The molecule has 1 heterocycles. The van der Waals surface area contributed by atoms with Gasteiger partial charge in [-0.1, -0.05) is 0 Å². The van der Waals surface area contributed by atoms with E-state index in [2.05, 4.69) is 5.32 Å². The molecule has 0 aliphatic carbocycles. The predicted molar refractivity (Wildman–Crippen MR) is 43.3 cm³/mol. The molecule has 0 spiro atoms. The van der Waals surface area contributed by atoms with E-state index in [4.69, 9.17) is 5.11 Å². The van der Waals surface area contributed by atoms with Crippen LogP contribution in [0, 0.1) is 17.5 Å². The summed E-state index contributed by atoms with van der Waals surface area (Å²) in [6.45, 7) is 0.712. The second-order valence-electron chi connectivity index (χ2n) is 3.22. The molecule has 1 aliphatic heterocycles. The Morgan fingerprint density at radius 2 is 1.93 bits per heavy atom. The SMILES string of the molecule is Oc1c(F)c(F)cc(C2CCN2)c1F. The Morgan fingerprint density at radius 3 is 2.43 bits per heavy atom. The van der Waals surface area contributed by atoms with E-state index in [1.165, 1.54) is 0 Å². The zero-order valence-corrected chi connectivity index (χ0v) is 7.15. The van der Waals surface area contributed by atoms with E-state index in [-0.39, 0.29) is 11.6 Å². The third kappa shape index (κ3) is 1.24. The molecule has 1 atom stereocenters. The minimum atomic E-state index is -1.54. The monoisotopic (exact) mass is 203 g/mol. The molecule has 0 saturated carbocycles. The summed E-state index contributed by atoms with van der Waals surface area (Å²) in [5.41, 5.74) is -0.0207. The summed E-state index contributed by atoms with van der Waals surface area (Å²) in [4.78, 5) is 0. The molecule has 1 aromatic rings. The highest BCUT2D eigenvalue weighted by atomic mass is 19.2. The average molecular weight is 203 g/mol. The molecule has 2 N–H and O–H groups in total. The molecule has 0 bridgehead atoms. The predicted octanol–water partition coefficient (Wildman–Crippen LogP) is 1.84. The van der Waals surface area contributed by atoms with Crippen LogP contribution in [-0.4, -0.2) is 11.7 Å². The van der Waals surface area contributed by atoms with Crippen molar-refractivity contribution in [3.05, 3.63) is 29.1 Å². The normalized spacial score (nSPS) is 20.6. The molecule has 1 saturated heterocycles. The Morgan fingerprint density at radius 1 is 1.29 bits per heavy atom. The molecule has 1 unspecified atom stereocenters. The fraction of sp³-hybridized carbons (Fsp3) is 0.333. The first-order valence-corrected chi connectivity index (χ1v) is 4.21. The van der Waals surface area contributed by atoms with Crippen molar-refractivity contribution in [3.8, 4) is 5.75 Å². The molecule has 76 valence electrons. The van der Waals surface area contributed by atoms with Gasteiger partial charge in [-0.25, -0.2) is 8.78 Å². The van der Waals surface area contributed by atoms with Gasteiger partial charge in [-0.15, -0.1) is 0 Å². The Bertz CT molecular complexity index is 377. The maximum Gasteiger partial charge on any atom is 0.203 e. The summed E-state index contributed by atoms with van der Waals surface area (Å²) in [6, 6.07) is 0.456. The third-order valence-corrected chi connectivity index (χ3v) is 2.36. The second kappa shape index (κ2) is 3.16. The quantitative estimate of drug-likeness (QED) is 0.682. The van der Waals surface area contributed by atoms with Crippen molar-refractivity contribution in [2.75, 3.05) is 6.54 Å². The smallest absolute Gasteiger partial charge is 0.203 e. The molecule has 0 aromatic heterocycles. The van der Waals surface area contributed by atoms with Crippen molar-refractivity contribution in [1.82, 2.24) is 5.32 Å². The lowest BCUT2D eigenvalue weighted by molar-refractivity contribution is 0.339. The van der Waals surface area contributed by atoms with Gasteiger partial charge in [0.1, 0.15) is 0 Å². The largest absolute Gasteiger partial charge is 0.503 e. The topological polar surface area (TPSA) is 32.3 Å². The molecule has 5 heteroatoms. The molecule has 0 amide bonds. The van der Waals surface area contributed by atoms with Gasteiger partial charge in [0.25, 0.3) is 0 Å². The minimum Gasteiger partial charge on any atom is -0.503 e. The van der Waals surface area contributed by atoms with E-state index < -0.39 is 23.2 Å². The number of rotatable bonds is 1. The first-order valence-electron chi connectivity index (χ1n) is 4.21. The molecular weight excluding hydrogens is 195 g/mol. The second-order valence-corrected chi connectivity index (χ2v) is 3.22. The van der Waals surface area contributed by atoms with Gasteiger partial charge in [0.15, 0.2) is 17.4 Å². The number of hydrogen-bond acceptors (Lipinski definition) is 2. The lowest BCUT2D eigenvalue weighted by Crippen LogP contribution is -2.35. The van der Waals surface area contributed by atoms with Crippen molar-refractivity contribution < 1.29 is 18.3 Å². The maximum atomic E-state index is 13.2. The zero-order valence-electron chi connectivity index (χ0n) is 7.15. The van der Waals surface area contributed by atoms with E-state index in [0.29, 0.717) is 13.0 Å². The molecule has 2 rings (SSSR count). The molecule has 2 nitrogen and oxygen atoms in total. The molecule has 0 radical (unpaired) electrons. The summed E-state index contributed by atoms with van der Waals surface area (Å²) in [5, 5.41) is 11.8. The Kier molecular flexibility index (Phi) is 2.11. The number of halogens is 3. The van der Waals surface area contributed by atoms with Crippen LogP contribution in [-0.2, 0) is 0 Å². The van der Waals surface area contributed by atoms with Crippen LogP contribution in [0.4, 0.5) is 13.2 Å². The maximum absolute atomic E-state index is 13.2. The number of phenolic OH excluding ortho intramolecular Hbond substituents is 1. The first-order chi connectivity index (χ1) is 6.61. The number of nitrogens with one attached hydrogen (secondary N) is 1. The molecule has 1 aliphatic rings. The van der Waals surface area contributed by atoms with Crippen LogP contribution in [0.2, 0.25) is 0 Å². The van der Waals surface area contributed by atoms with E-state index in [1.54, 1.807) is 0 Å². The van der Waals surface area contributed by atoms with Crippen molar-refractivity contribution in [1.29, 1.82) is 0 Å². The Balaban J connectivity index is 2.49. The Labute approximate surface area is 78.4 Å². The van der Waals surface area contributed by atoms with E-state index in [9.17, 15) is 13.2 Å². The van der Waals surface area contributed by atoms with Crippen LogP contribution in [0.1, 0.15) is 18.0 Å². The summed E-state index contributed by atoms with van der Waals surface area (Å²) < 4.78 is 38.7. The van der Waals surface area contributed by atoms with Gasteiger partial charge >= 0.3 is 0 Å².